The maximum atomic E-state index is 3.45. The van der Waals surface area contributed by atoms with Crippen LogP contribution in [0.3, 0.4) is 0 Å². The maximum Gasteiger partial charge on any atom is 0.0399 e. The summed E-state index contributed by atoms with van der Waals surface area (Å²) in [7, 11) is 0. The number of fused-ring (bicyclic) bond motifs is 1. The van der Waals surface area contributed by atoms with Crippen molar-refractivity contribution in [3.05, 3.63) is 29.3 Å². The van der Waals surface area contributed by atoms with E-state index in [1.165, 1.54) is 56.7 Å². The lowest BCUT2D eigenvalue weighted by molar-refractivity contribution is 0.375. The van der Waals surface area contributed by atoms with Crippen LogP contribution >= 0.6 is 0 Å². The Labute approximate surface area is 104 Å². The van der Waals surface area contributed by atoms with Crippen LogP contribution in [0.15, 0.2) is 18.2 Å². The molecule has 17 heavy (non-hydrogen) atoms. The number of rotatable bonds is 2. The first-order valence-electron chi connectivity index (χ1n) is 6.88. The number of nitrogens with zero attached hydrogens (tertiary/aromatic N) is 1. The molecule has 1 aromatic rings. The van der Waals surface area contributed by atoms with Crippen molar-refractivity contribution >= 4 is 5.69 Å². The number of hydrogen-bond acceptors (Lipinski definition) is 2. The lowest BCUT2D eigenvalue weighted by atomic mass is 9.97. The van der Waals surface area contributed by atoms with Gasteiger partial charge in [0.2, 0.25) is 0 Å². The van der Waals surface area contributed by atoms with E-state index in [0.29, 0.717) is 0 Å². The molecule has 0 unspecified atom stereocenters. The monoisotopic (exact) mass is 230 g/mol. The minimum Gasteiger partial charge on any atom is -0.371 e. The van der Waals surface area contributed by atoms with Crippen molar-refractivity contribution in [2.24, 2.45) is 5.92 Å². The van der Waals surface area contributed by atoms with E-state index in [1.54, 1.807) is 5.56 Å². The third-order valence-corrected chi connectivity index (χ3v) is 4.16. The highest BCUT2D eigenvalue weighted by Crippen LogP contribution is 2.30. The van der Waals surface area contributed by atoms with Crippen LogP contribution in [0.1, 0.15) is 24.0 Å². The van der Waals surface area contributed by atoms with Gasteiger partial charge in [-0.25, -0.2) is 0 Å². The number of piperidine rings is 1. The molecule has 1 aromatic carbocycles. The van der Waals surface area contributed by atoms with Crippen LogP contribution in [0.4, 0.5) is 5.69 Å². The molecule has 2 heteroatoms. The molecule has 2 aliphatic rings. The Morgan fingerprint density at radius 3 is 2.94 bits per heavy atom. The Kier molecular flexibility index (Phi) is 3.06. The van der Waals surface area contributed by atoms with E-state index in [4.69, 9.17) is 0 Å². The van der Waals surface area contributed by atoms with Crippen LogP contribution < -0.4 is 10.2 Å². The van der Waals surface area contributed by atoms with Crippen molar-refractivity contribution in [2.75, 3.05) is 31.1 Å². The van der Waals surface area contributed by atoms with Crippen molar-refractivity contribution in [3.63, 3.8) is 0 Å². The molecule has 0 amide bonds. The van der Waals surface area contributed by atoms with Crippen LogP contribution in [0.5, 0.6) is 0 Å². The Morgan fingerprint density at radius 2 is 2.12 bits per heavy atom. The van der Waals surface area contributed by atoms with Gasteiger partial charge in [-0.3, -0.25) is 0 Å². The smallest absolute Gasteiger partial charge is 0.0399 e. The summed E-state index contributed by atoms with van der Waals surface area (Å²) in [4.78, 5) is 2.60. The van der Waals surface area contributed by atoms with Crippen LogP contribution in [0.25, 0.3) is 0 Å². The molecule has 3 rings (SSSR count). The van der Waals surface area contributed by atoms with Crippen LogP contribution in [-0.4, -0.2) is 26.2 Å². The highest BCUT2D eigenvalue weighted by Gasteiger charge is 2.22. The number of benzene rings is 1. The van der Waals surface area contributed by atoms with Gasteiger partial charge in [0.25, 0.3) is 0 Å². The molecule has 1 fully saturated rings. The van der Waals surface area contributed by atoms with E-state index in [1.807, 2.05) is 0 Å². The maximum absolute atomic E-state index is 3.45. The topological polar surface area (TPSA) is 15.3 Å². The summed E-state index contributed by atoms with van der Waals surface area (Å²) >= 11 is 0. The van der Waals surface area contributed by atoms with Gasteiger partial charge in [0.05, 0.1) is 0 Å². The zero-order valence-electron chi connectivity index (χ0n) is 10.7. The summed E-state index contributed by atoms with van der Waals surface area (Å²) in [6.07, 6.45) is 3.93. The fourth-order valence-corrected chi connectivity index (χ4v) is 3.16. The molecule has 0 spiro atoms. The average molecular weight is 230 g/mol. The fraction of sp³-hybridized carbons (Fsp3) is 0.600. The molecule has 2 aliphatic heterocycles. The van der Waals surface area contributed by atoms with E-state index >= 15 is 0 Å². The van der Waals surface area contributed by atoms with Crippen molar-refractivity contribution in [2.45, 2.75) is 26.2 Å². The Hall–Kier alpha value is -1.02. The molecule has 92 valence electrons. The van der Waals surface area contributed by atoms with Gasteiger partial charge >= 0.3 is 0 Å². The van der Waals surface area contributed by atoms with Gasteiger partial charge in [-0.05, 0) is 56.8 Å². The molecular weight excluding hydrogens is 208 g/mol. The second-order valence-electron chi connectivity index (χ2n) is 5.52. The Morgan fingerprint density at radius 1 is 1.29 bits per heavy atom. The number of nitrogens with one attached hydrogen (secondary N) is 1. The van der Waals surface area contributed by atoms with E-state index in [0.717, 1.165) is 5.92 Å². The summed E-state index contributed by atoms with van der Waals surface area (Å²) in [5.41, 5.74) is 4.44. The molecule has 0 radical (unpaired) electrons. The normalized spacial score (nSPS) is 20.6. The van der Waals surface area contributed by atoms with E-state index < -0.39 is 0 Å². The van der Waals surface area contributed by atoms with Crippen molar-refractivity contribution in [1.82, 2.24) is 5.32 Å². The van der Waals surface area contributed by atoms with Crippen LogP contribution in [0.2, 0.25) is 0 Å². The fourth-order valence-electron chi connectivity index (χ4n) is 3.16. The van der Waals surface area contributed by atoms with Gasteiger partial charge in [0, 0.05) is 18.8 Å². The number of anilines is 1. The molecule has 2 nitrogen and oxygen atoms in total. The van der Waals surface area contributed by atoms with Crippen molar-refractivity contribution < 1.29 is 0 Å². The first-order chi connectivity index (χ1) is 8.33. The summed E-state index contributed by atoms with van der Waals surface area (Å²) in [6, 6.07) is 6.93. The molecule has 1 saturated heterocycles. The number of hydrogen-bond donors (Lipinski definition) is 1. The van der Waals surface area contributed by atoms with Crippen molar-refractivity contribution in [3.8, 4) is 0 Å². The lowest BCUT2D eigenvalue weighted by Crippen LogP contribution is -2.35. The number of aryl methyl sites for hydroxylation is 1. The molecule has 0 aliphatic carbocycles. The predicted molar refractivity (Wildman–Crippen MR) is 72.7 cm³/mol. The van der Waals surface area contributed by atoms with Gasteiger partial charge in [0.1, 0.15) is 0 Å². The van der Waals surface area contributed by atoms with Crippen LogP contribution in [-0.2, 0) is 6.42 Å². The zero-order valence-corrected chi connectivity index (χ0v) is 10.7. The highest BCUT2D eigenvalue weighted by molar-refractivity contribution is 5.59. The molecule has 0 aromatic heterocycles. The molecular formula is C15H22N2. The minimum absolute atomic E-state index is 0.892. The molecule has 2 heterocycles. The van der Waals surface area contributed by atoms with Crippen molar-refractivity contribution in [1.29, 1.82) is 0 Å². The molecule has 0 saturated carbocycles. The predicted octanol–water partition coefficient (Wildman–Crippen LogP) is 2.36. The van der Waals surface area contributed by atoms with Crippen LogP contribution in [0, 0.1) is 12.8 Å². The highest BCUT2D eigenvalue weighted by atomic mass is 15.1. The van der Waals surface area contributed by atoms with E-state index in [9.17, 15) is 0 Å². The summed E-state index contributed by atoms with van der Waals surface area (Å²) in [5.74, 6) is 0.892. The lowest BCUT2D eigenvalue weighted by Gasteiger charge is -2.29. The zero-order chi connectivity index (χ0) is 11.7. The second kappa shape index (κ2) is 4.69. The van der Waals surface area contributed by atoms with Gasteiger partial charge in [-0.1, -0.05) is 17.7 Å². The van der Waals surface area contributed by atoms with Gasteiger partial charge in [0.15, 0.2) is 0 Å². The van der Waals surface area contributed by atoms with E-state index in [-0.39, 0.29) is 0 Å². The first-order valence-corrected chi connectivity index (χ1v) is 6.88. The first kappa shape index (κ1) is 11.1. The molecule has 0 bridgehead atoms. The summed E-state index contributed by atoms with van der Waals surface area (Å²) < 4.78 is 0. The van der Waals surface area contributed by atoms with Gasteiger partial charge in [-0.2, -0.15) is 0 Å². The summed E-state index contributed by atoms with van der Waals surface area (Å²) in [5, 5.41) is 3.45. The second-order valence-corrected chi connectivity index (χ2v) is 5.52. The van der Waals surface area contributed by atoms with E-state index in [2.05, 4.69) is 35.3 Å². The standard InChI is InChI=1S/C15H22N2/c1-12-2-3-15-14(10-12)6-9-17(15)11-13-4-7-16-8-5-13/h2-3,10,13,16H,4-9,11H2,1H3. The quantitative estimate of drug-likeness (QED) is 0.839. The Balaban J connectivity index is 1.70. The van der Waals surface area contributed by atoms with Gasteiger partial charge < -0.3 is 10.2 Å². The largest absolute Gasteiger partial charge is 0.371 e. The third kappa shape index (κ3) is 2.32. The van der Waals surface area contributed by atoms with Gasteiger partial charge in [-0.15, -0.1) is 0 Å². The molecule has 0 atom stereocenters. The SMILES string of the molecule is Cc1ccc2c(c1)CCN2CC1CCNCC1. The third-order valence-electron chi connectivity index (χ3n) is 4.16. The molecule has 1 N–H and O–H groups in total. The Bertz CT molecular complexity index is 394. The minimum atomic E-state index is 0.892. The summed E-state index contributed by atoms with van der Waals surface area (Å²) in [6.45, 7) is 7.09. The average Bonchev–Trinajstić information content (AvgIpc) is 2.73.